The SMILES string of the molecule is COc1cccc(N2C[C@@H](C(=O)Nc3cc(OC)ccc3OC)CC2=O)c1. The zero-order valence-corrected chi connectivity index (χ0v) is 15.5. The lowest BCUT2D eigenvalue weighted by atomic mass is 10.1. The maximum absolute atomic E-state index is 12.7. The van der Waals surface area contributed by atoms with E-state index in [1.165, 1.54) is 7.11 Å². The van der Waals surface area contributed by atoms with Crippen LogP contribution in [0.15, 0.2) is 42.5 Å². The minimum Gasteiger partial charge on any atom is -0.497 e. The summed E-state index contributed by atoms with van der Waals surface area (Å²) >= 11 is 0. The summed E-state index contributed by atoms with van der Waals surface area (Å²) in [6, 6.07) is 12.4. The van der Waals surface area contributed by atoms with Crippen molar-refractivity contribution in [2.75, 3.05) is 38.1 Å². The topological polar surface area (TPSA) is 77.1 Å². The summed E-state index contributed by atoms with van der Waals surface area (Å²) in [7, 11) is 4.65. The third kappa shape index (κ3) is 3.97. The highest BCUT2D eigenvalue weighted by Crippen LogP contribution is 2.32. The van der Waals surface area contributed by atoms with E-state index in [9.17, 15) is 9.59 Å². The van der Waals surface area contributed by atoms with Crippen LogP contribution in [0.25, 0.3) is 0 Å². The molecule has 1 aliphatic rings. The average Bonchev–Trinajstić information content (AvgIpc) is 3.09. The van der Waals surface area contributed by atoms with E-state index in [0.29, 0.717) is 35.2 Å². The van der Waals surface area contributed by atoms with Crippen molar-refractivity contribution < 1.29 is 23.8 Å². The molecule has 2 aromatic rings. The van der Waals surface area contributed by atoms with Crippen LogP contribution in [-0.4, -0.2) is 39.7 Å². The molecular weight excluding hydrogens is 348 g/mol. The first-order valence-electron chi connectivity index (χ1n) is 8.53. The van der Waals surface area contributed by atoms with Crippen molar-refractivity contribution in [2.45, 2.75) is 6.42 Å². The van der Waals surface area contributed by atoms with Crippen molar-refractivity contribution in [3.05, 3.63) is 42.5 Å². The predicted octanol–water partition coefficient (Wildman–Crippen LogP) is 2.70. The van der Waals surface area contributed by atoms with Crippen molar-refractivity contribution in [2.24, 2.45) is 5.92 Å². The number of benzene rings is 2. The van der Waals surface area contributed by atoms with Crippen molar-refractivity contribution >= 4 is 23.2 Å². The van der Waals surface area contributed by atoms with Crippen molar-refractivity contribution in [3.63, 3.8) is 0 Å². The van der Waals surface area contributed by atoms with Gasteiger partial charge in [-0.1, -0.05) is 6.07 Å². The van der Waals surface area contributed by atoms with Crippen LogP contribution in [-0.2, 0) is 9.59 Å². The fourth-order valence-corrected chi connectivity index (χ4v) is 3.06. The first-order valence-corrected chi connectivity index (χ1v) is 8.53. The minimum atomic E-state index is -0.459. The van der Waals surface area contributed by atoms with Crippen molar-refractivity contribution in [1.29, 1.82) is 0 Å². The lowest BCUT2D eigenvalue weighted by Gasteiger charge is -2.18. The van der Waals surface area contributed by atoms with Gasteiger partial charge >= 0.3 is 0 Å². The van der Waals surface area contributed by atoms with E-state index in [4.69, 9.17) is 14.2 Å². The van der Waals surface area contributed by atoms with Gasteiger partial charge in [-0.25, -0.2) is 0 Å². The van der Waals surface area contributed by atoms with Crippen molar-refractivity contribution in [3.8, 4) is 17.2 Å². The molecule has 27 heavy (non-hydrogen) atoms. The Morgan fingerprint density at radius 2 is 1.78 bits per heavy atom. The van der Waals surface area contributed by atoms with Gasteiger partial charge in [-0.2, -0.15) is 0 Å². The quantitative estimate of drug-likeness (QED) is 0.846. The number of amides is 2. The lowest BCUT2D eigenvalue weighted by Crippen LogP contribution is -2.28. The van der Waals surface area contributed by atoms with Gasteiger partial charge in [-0.3, -0.25) is 9.59 Å². The van der Waals surface area contributed by atoms with Gasteiger partial charge in [0.15, 0.2) is 0 Å². The number of anilines is 2. The molecule has 0 unspecified atom stereocenters. The molecule has 2 amide bonds. The number of carbonyl (C=O) groups excluding carboxylic acids is 2. The summed E-state index contributed by atoms with van der Waals surface area (Å²) in [5, 5.41) is 2.85. The van der Waals surface area contributed by atoms with E-state index in [0.717, 1.165) is 0 Å². The molecule has 3 rings (SSSR count). The molecule has 0 aliphatic carbocycles. The molecule has 142 valence electrons. The number of carbonyl (C=O) groups is 2. The summed E-state index contributed by atoms with van der Waals surface area (Å²) in [6.07, 6.45) is 0.148. The minimum absolute atomic E-state index is 0.0963. The van der Waals surface area contributed by atoms with Crippen LogP contribution in [0.2, 0.25) is 0 Å². The number of nitrogens with one attached hydrogen (secondary N) is 1. The second-order valence-corrected chi connectivity index (χ2v) is 6.16. The molecule has 0 aromatic heterocycles. The third-order valence-corrected chi connectivity index (χ3v) is 4.53. The average molecular weight is 370 g/mol. The first-order chi connectivity index (χ1) is 13.0. The molecule has 1 aliphatic heterocycles. The fraction of sp³-hybridized carbons (Fsp3) is 0.300. The Morgan fingerprint density at radius 3 is 2.48 bits per heavy atom. The van der Waals surface area contributed by atoms with Crippen molar-refractivity contribution in [1.82, 2.24) is 0 Å². The Bertz CT molecular complexity index is 852. The number of ether oxygens (including phenoxy) is 3. The Morgan fingerprint density at radius 1 is 1.04 bits per heavy atom. The highest BCUT2D eigenvalue weighted by Gasteiger charge is 2.35. The van der Waals surface area contributed by atoms with Crippen LogP contribution in [0.1, 0.15) is 6.42 Å². The van der Waals surface area contributed by atoms with E-state index in [-0.39, 0.29) is 18.2 Å². The summed E-state index contributed by atoms with van der Waals surface area (Å²) in [4.78, 5) is 26.7. The van der Waals surface area contributed by atoms with Gasteiger partial charge in [-0.15, -0.1) is 0 Å². The van der Waals surface area contributed by atoms with Gasteiger partial charge in [-0.05, 0) is 24.3 Å². The monoisotopic (exact) mass is 370 g/mol. The molecule has 1 fully saturated rings. The van der Waals surface area contributed by atoms with E-state index in [1.807, 2.05) is 18.2 Å². The predicted molar refractivity (Wildman–Crippen MR) is 102 cm³/mol. The molecule has 0 saturated carbocycles. The number of hydrogen-bond acceptors (Lipinski definition) is 5. The second kappa shape index (κ2) is 7.99. The zero-order chi connectivity index (χ0) is 19.4. The van der Waals surface area contributed by atoms with Gasteiger partial charge in [0, 0.05) is 30.8 Å². The molecule has 1 atom stereocenters. The molecule has 0 spiro atoms. The second-order valence-electron chi connectivity index (χ2n) is 6.16. The summed E-state index contributed by atoms with van der Waals surface area (Å²) < 4.78 is 15.7. The number of hydrogen-bond donors (Lipinski definition) is 1. The first kappa shape index (κ1) is 18.6. The van der Waals surface area contributed by atoms with Gasteiger partial charge in [0.1, 0.15) is 17.2 Å². The standard InChI is InChI=1S/C20H22N2O5/c1-25-15-6-4-5-14(10-15)22-12-13(9-19(22)23)20(24)21-17-11-16(26-2)7-8-18(17)27-3/h4-8,10-11,13H,9,12H2,1-3H3,(H,21,24)/t13-/m0/s1. The number of nitrogens with zero attached hydrogens (tertiary/aromatic N) is 1. The van der Waals surface area contributed by atoms with Gasteiger partial charge in [0.05, 0.1) is 32.9 Å². The number of rotatable bonds is 6. The zero-order valence-electron chi connectivity index (χ0n) is 15.5. The van der Waals surface area contributed by atoms with E-state index >= 15 is 0 Å². The highest BCUT2D eigenvalue weighted by atomic mass is 16.5. The van der Waals surface area contributed by atoms with Crippen LogP contribution in [0.5, 0.6) is 17.2 Å². The Labute approximate surface area is 157 Å². The van der Waals surface area contributed by atoms with E-state index in [1.54, 1.807) is 43.4 Å². The Kier molecular flexibility index (Phi) is 5.49. The Balaban J connectivity index is 1.74. The highest BCUT2D eigenvalue weighted by molar-refractivity contribution is 6.04. The van der Waals surface area contributed by atoms with Crippen LogP contribution in [0.3, 0.4) is 0 Å². The van der Waals surface area contributed by atoms with Crippen LogP contribution in [0, 0.1) is 5.92 Å². The van der Waals surface area contributed by atoms with Gasteiger partial charge in [0.25, 0.3) is 0 Å². The molecule has 1 N–H and O–H groups in total. The Hall–Kier alpha value is -3.22. The molecule has 7 nitrogen and oxygen atoms in total. The summed E-state index contributed by atoms with van der Waals surface area (Å²) in [6.45, 7) is 0.310. The largest absolute Gasteiger partial charge is 0.497 e. The molecule has 0 bridgehead atoms. The molecular formula is C20H22N2O5. The summed E-state index contributed by atoms with van der Waals surface area (Å²) in [5.74, 6) is 1.000. The smallest absolute Gasteiger partial charge is 0.229 e. The normalized spacial score (nSPS) is 16.2. The maximum Gasteiger partial charge on any atom is 0.229 e. The van der Waals surface area contributed by atoms with E-state index < -0.39 is 5.92 Å². The summed E-state index contributed by atoms with van der Waals surface area (Å²) in [5.41, 5.74) is 1.22. The molecule has 1 saturated heterocycles. The van der Waals surface area contributed by atoms with Crippen LogP contribution in [0.4, 0.5) is 11.4 Å². The van der Waals surface area contributed by atoms with E-state index in [2.05, 4.69) is 5.32 Å². The third-order valence-electron chi connectivity index (χ3n) is 4.53. The molecule has 2 aromatic carbocycles. The molecule has 1 heterocycles. The molecule has 7 heteroatoms. The molecule has 0 radical (unpaired) electrons. The van der Waals surface area contributed by atoms with Gasteiger partial charge in [0.2, 0.25) is 11.8 Å². The van der Waals surface area contributed by atoms with Gasteiger partial charge < -0.3 is 24.4 Å². The maximum atomic E-state index is 12.7. The van der Waals surface area contributed by atoms with Crippen LogP contribution < -0.4 is 24.4 Å². The fourth-order valence-electron chi connectivity index (χ4n) is 3.06. The number of methoxy groups -OCH3 is 3. The van der Waals surface area contributed by atoms with Crippen LogP contribution >= 0.6 is 0 Å². The lowest BCUT2D eigenvalue weighted by molar-refractivity contribution is -0.122.